The average Bonchev–Trinajstić information content (AvgIpc) is 3.29. The third kappa shape index (κ3) is 3.69. The van der Waals surface area contributed by atoms with E-state index in [0.717, 1.165) is 5.56 Å². The van der Waals surface area contributed by atoms with Gasteiger partial charge in [-0.1, -0.05) is 42.5 Å². The number of pyridine rings is 1. The van der Waals surface area contributed by atoms with E-state index < -0.39 is 17.6 Å². The molecule has 0 amide bonds. The molecule has 3 heterocycles. The third-order valence-corrected chi connectivity index (χ3v) is 6.14. The number of nitrogens with zero attached hydrogens (tertiary/aromatic N) is 1. The lowest BCUT2D eigenvalue weighted by Crippen LogP contribution is -2.37. The van der Waals surface area contributed by atoms with E-state index >= 15 is 0 Å². The monoisotopic (exact) mass is 449 g/mol. The summed E-state index contributed by atoms with van der Waals surface area (Å²) < 4.78 is 19.6. The van der Waals surface area contributed by atoms with Gasteiger partial charge in [-0.3, -0.25) is 4.79 Å². The summed E-state index contributed by atoms with van der Waals surface area (Å²) in [5, 5.41) is 11.6. The van der Waals surface area contributed by atoms with Crippen LogP contribution in [-0.4, -0.2) is 28.4 Å². The van der Waals surface area contributed by atoms with Crippen molar-refractivity contribution in [1.82, 2.24) is 4.57 Å². The van der Waals surface area contributed by atoms with E-state index in [-0.39, 0.29) is 31.1 Å². The molecule has 1 unspecified atom stereocenters. The van der Waals surface area contributed by atoms with Crippen LogP contribution in [0.25, 0.3) is 10.2 Å². The van der Waals surface area contributed by atoms with E-state index in [1.807, 2.05) is 54.6 Å². The van der Waals surface area contributed by atoms with Crippen LogP contribution in [0.1, 0.15) is 15.9 Å². The molecule has 162 valence electrons. The largest absolute Gasteiger partial charge is 0.486 e. The summed E-state index contributed by atoms with van der Waals surface area (Å²) in [4.78, 5) is 25.5. The van der Waals surface area contributed by atoms with Crippen molar-refractivity contribution in [2.24, 2.45) is 0 Å². The molecule has 1 aliphatic rings. The number of fused-ring (bicyclic) bond motifs is 2. The molecule has 0 fully saturated rings. The van der Waals surface area contributed by atoms with Gasteiger partial charge in [0.2, 0.25) is 5.75 Å². The van der Waals surface area contributed by atoms with Gasteiger partial charge in [0.15, 0.2) is 17.6 Å². The maximum Gasteiger partial charge on any atom is 0.341 e. The van der Waals surface area contributed by atoms with Gasteiger partial charge in [0.25, 0.3) is 5.56 Å². The molecule has 2 aromatic carbocycles. The summed E-state index contributed by atoms with van der Waals surface area (Å²) in [6.07, 6.45) is -0.414. The number of hydrogen-bond donors (Lipinski definition) is 1. The quantitative estimate of drug-likeness (QED) is 0.475. The van der Waals surface area contributed by atoms with Crippen LogP contribution < -0.4 is 19.8 Å². The molecule has 0 spiro atoms. The molecule has 0 aliphatic carbocycles. The van der Waals surface area contributed by atoms with Crippen molar-refractivity contribution in [2.45, 2.75) is 19.3 Å². The van der Waals surface area contributed by atoms with Crippen LogP contribution in [0.3, 0.4) is 0 Å². The standard InChI is InChI=1S/C24H19NO6S/c26-23-21(30-13-15-6-2-1-3-7-15)20(24(27)28)22-17(10-11-32-22)25(23)12-16-14-29-18-8-4-5-9-19(18)31-16/h1-11,16H,12-14H2,(H,27,28). The number of carbonyl (C=O) groups is 1. The fourth-order valence-electron chi connectivity index (χ4n) is 3.74. The highest BCUT2D eigenvalue weighted by Crippen LogP contribution is 2.33. The van der Waals surface area contributed by atoms with Crippen molar-refractivity contribution >= 4 is 27.5 Å². The molecule has 0 radical (unpaired) electrons. The van der Waals surface area contributed by atoms with Crippen molar-refractivity contribution in [1.29, 1.82) is 0 Å². The van der Waals surface area contributed by atoms with Gasteiger partial charge in [0.1, 0.15) is 18.8 Å². The summed E-state index contributed by atoms with van der Waals surface area (Å²) in [7, 11) is 0. The van der Waals surface area contributed by atoms with Crippen molar-refractivity contribution in [2.75, 3.05) is 6.61 Å². The first-order chi connectivity index (χ1) is 15.6. The predicted octanol–water partition coefficient (Wildman–Crippen LogP) is 4.18. The van der Waals surface area contributed by atoms with Gasteiger partial charge >= 0.3 is 5.97 Å². The van der Waals surface area contributed by atoms with E-state index in [0.29, 0.717) is 21.7 Å². The van der Waals surface area contributed by atoms with Crippen molar-refractivity contribution in [3.05, 3.63) is 87.5 Å². The number of benzene rings is 2. The molecule has 32 heavy (non-hydrogen) atoms. The Kier molecular flexibility index (Phi) is 5.28. The SMILES string of the molecule is O=C(O)c1c(OCc2ccccc2)c(=O)n(CC2COc3ccccc3O2)c2ccsc12. The Hall–Kier alpha value is -3.78. The fourth-order valence-corrected chi connectivity index (χ4v) is 4.67. The van der Waals surface area contributed by atoms with Gasteiger partial charge in [0, 0.05) is 0 Å². The molecule has 2 aromatic heterocycles. The van der Waals surface area contributed by atoms with Gasteiger partial charge in [-0.15, -0.1) is 11.3 Å². The van der Waals surface area contributed by atoms with Gasteiger partial charge in [-0.25, -0.2) is 4.79 Å². The van der Waals surface area contributed by atoms with Crippen molar-refractivity contribution < 1.29 is 24.1 Å². The van der Waals surface area contributed by atoms with E-state index in [1.54, 1.807) is 11.4 Å². The molecule has 5 rings (SSSR count). The van der Waals surface area contributed by atoms with Crippen molar-refractivity contribution in [3.8, 4) is 17.2 Å². The Morgan fingerprint density at radius 1 is 1.09 bits per heavy atom. The third-order valence-electron chi connectivity index (χ3n) is 5.22. The zero-order valence-electron chi connectivity index (χ0n) is 16.9. The highest BCUT2D eigenvalue weighted by atomic mass is 32.1. The zero-order valence-corrected chi connectivity index (χ0v) is 17.7. The first-order valence-electron chi connectivity index (χ1n) is 10.0. The lowest BCUT2D eigenvalue weighted by atomic mass is 10.2. The van der Waals surface area contributed by atoms with Crippen LogP contribution in [-0.2, 0) is 13.2 Å². The normalized spacial score (nSPS) is 14.9. The second-order valence-electron chi connectivity index (χ2n) is 7.33. The van der Waals surface area contributed by atoms with E-state index in [9.17, 15) is 14.7 Å². The molecular weight excluding hydrogens is 430 g/mol. The summed E-state index contributed by atoms with van der Waals surface area (Å²) in [5.41, 5.74) is 0.749. The second kappa shape index (κ2) is 8.39. The Bertz CT molecular complexity index is 1340. The Labute approximate surface area is 187 Å². The molecule has 1 N–H and O–H groups in total. The van der Waals surface area contributed by atoms with Crippen LogP contribution in [0.4, 0.5) is 0 Å². The van der Waals surface area contributed by atoms with E-state index in [4.69, 9.17) is 14.2 Å². The number of aromatic carboxylic acids is 1. The van der Waals surface area contributed by atoms with Gasteiger partial charge in [-0.2, -0.15) is 0 Å². The number of thiophene rings is 1. The molecule has 1 aliphatic heterocycles. The number of aromatic nitrogens is 1. The first kappa shape index (κ1) is 20.1. The summed E-state index contributed by atoms with van der Waals surface area (Å²) in [5.74, 6) is -0.102. The fraction of sp³-hybridized carbons (Fsp3) is 0.167. The maximum atomic E-state index is 13.4. The Balaban J connectivity index is 1.53. The van der Waals surface area contributed by atoms with Crippen molar-refractivity contribution in [3.63, 3.8) is 0 Å². The Morgan fingerprint density at radius 3 is 2.62 bits per heavy atom. The number of carboxylic acids is 1. The summed E-state index contributed by atoms with van der Waals surface area (Å²) in [6.45, 7) is 0.557. The molecule has 0 saturated heterocycles. The second-order valence-corrected chi connectivity index (χ2v) is 8.25. The number of ether oxygens (including phenoxy) is 3. The van der Waals surface area contributed by atoms with E-state index in [1.165, 1.54) is 15.9 Å². The molecule has 0 bridgehead atoms. The number of rotatable bonds is 6. The molecule has 8 heteroatoms. The van der Waals surface area contributed by atoms with Gasteiger partial charge in [-0.05, 0) is 29.1 Å². The highest BCUT2D eigenvalue weighted by molar-refractivity contribution is 7.17. The van der Waals surface area contributed by atoms with E-state index in [2.05, 4.69) is 0 Å². The van der Waals surface area contributed by atoms with Crippen LogP contribution in [0.2, 0.25) is 0 Å². The Morgan fingerprint density at radius 2 is 1.84 bits per heavy atom. The minimum absolute atomic E-state index is 0.0870. The summed E-state index contributed by atoms with van der Waals surface area (Å²) >= 11 is 1.26. The molecule has 7 nitrogen and oxygen atoms in total. The van der Waals surface area contributed by atoms with Crippen LogP contribution >= 0.6 is 11.3 Å². The minimum atomic E-state index is -1.20. The van der Waals surface area contributed by atoms with Crippen LogP contribution in [0, 0.1) is 0 Å². The lowest BCUT2D eigenvalue weighted by molar-refractivity contribution is 0.0692. The lowest BCUT2D eigenvalue weighted by Gasteiger charge is -2.27. The first-order valence-corrected chi connectivity index (χ1v) is 10.9. The summed E-state index contributed by atoms with van der Waals surface area (Å²) in [6, 6.07) is 18.4. The molecule has 0 saturated carbocycles. The molecule has 1 atom stereocenters. The zero-order chi connectivity index (χ0) is 22.1. The van der Waals surface area contributed by atoms with Gasteiger partial charge < -0.3 is 23.9 Å². The topological polar surface area (TPSA) is 87.0 Å². The molecule has 4 aromatic rings. The van der Waals surface area contributed by atoms with Gasteiger partial charge in [0.05, 0.1) is 16.8 Å². The number of carboxylic acid groups (broad SMARTS) is 1. The smallest absolute Gasteiger partial charge is 0.341 e. The predicted molar refractivity (Wildman–Crippen MR) is 120 cm³/mol. The number of para-hydroxylation sites is 2. The minimum Gasteiger partial charge on any atom is -0.486 e. The van der Waals surface area contributed by atoms with Crippen LogP contribution in [0.15, 0.2) is 70.8 Å². The average molecular weight is 449 g/mol. The molecular formula is C24H19NO6S. The number of hydrogen-bond acceptors (Lipinski definition) is 6. The maximum absolute atomic E-state index is 13.4. The van der Waals surface area contributed by atoms with Crippen LogP contribution in [0.5, 0.6) is 17.2 Å². The highest BCUT2D eigenvalue weighted by Gasteiger charge is 2.27.